The van der Waals surface area contributed by atoms with Crippen molar-refractivity contribution in [2.24, 2.45) is 0 Å². The lowest BCUT2D eigenvalue weighted by atomic mass is 10.1. The highest BCUT2D eigenvalue weighted by molar-refractivity contribution is 6.30. The minimum atomic E-state index is -0.445. The highest BCUT2D eigenvalue weighted by Crippen LogP contribution is 2.15. The van der Waals surface area contributed by atoms with Crippen molar-refractivity contribution in [2.75, 3.05) is 13.2 Å². The molecule has 7 heteroatoms. The minimum Gasteiger partial charge on any atom is -0.484 e. The van der Waals surface area contributed by atoms with Gasteiger partial charge in [-0.3, -0.25) is 20.4 Å². The van der Waals surface area contributed by atoms with E-state index in [0.717, 1.165) is 5.56 Å². The molecule has 0 aliphatic carbocycles. The van der Waals surface area contributed by atoms with Crippen LogP contribution < -0.4 is 20.9 Å². The summed E-state index contributed by atoms with van der Waals surface area (Å²) in [6.45, 7) is 2.02. The van der Waals surface area contributed by atoms with Crippen LogP contribution in [0.15, 0.2) is 54.6 Å². The summed E-state index contributed by atoms with van der Waals surface area (Å²) in [7, 11) is 0. The fourth-order valence-corrected chi connectivity index (χ4v) is 2.21. The van der Waals surface area contributed by atoms with E-state index in [1.165, 1.54) is 0 Å². The van der Waals surface area contributed by atoms with Crippen LogP contribution in [-0.2, 0) is 9.59 Å². The highest BCUT2D eigenvalue weighted by atomic mass is 35.5. The summed E-state index contributed by atoms with van der Waals surface area (Å²) in [5.74, 6) is -0.210. The molecular weight excluding hydrogens is 342 g/mol. The van der Waals surface area contributed by atoms with Crippen molar-refractivity contribution in [1.29, 1.82) is 0 Å². The van der Waals surface area contributed by atoms with Crippen molar-refractivity contribution in [3.05, 3.63) is 65.2 Å². The molecule has 6 nitrogen and oxygen atoms in total. The molecule has 0 heterocycles. The maximum absolute atomic E-state index is 11.8. The van der Waals surface area contributed by atoms with Gasteiger partial charge in [-0.2, -0.15) is 0 Å². The molecule has 4 N–H and O–H groups in total. The predicted octanol–water partition coefficient (Wildman–Crippen LogP) is 1.19. The molecular formula is C18H21ClN3O3+. The number of nitrogens with two attached hydrogens (primary N) is 1. The van der Waals surface area contributed by atoms with Gasteiger partial charge < -0.3 is 10.1 Å². The summed E-state index contributed by atoms with van der Waals surface area (Å²) in [4.78, 5) is 23.4. The average molecular weight is 363 g/mol. The second-order valence-electron chi connectivity index (χ2n) is 5.48. The van der Waals surface area contributed by atoms with E-state index >= 15 is 0 Å². The van der Waals surface area contributed by atoms with E-state index < -0.39 is 5.91 Å². The molecule has 2 rings (SSSR count). The second kappa shape index (κ2) is 9.66. The van der Waals surface area contributed by atoms with E-state index in [4.69, 9.17) is 16.3 Å². The fraction of sp³-hybridized carbons (Fsp3) is 0.222. The third-order valence-corrected chi connectivity index (χ3v) is 3.76. The molecule has 0 unspecified atom stereocenters. The molecule has 0 radical (unpaired) electrons. The van der Waals surface area contributed by atoms with Gasteiger partial charge in [-0.15, -0.1) is 0 Å². The number of carbonyl (C=O) groups is 2. The van der Waals surface area contributed by atoms with Gasteiger partial charge in [0.1, 0.15) is 11.8 Å². The first kappa shape index (κ1) is 18.8. The van der Waals surface area contributed by atoms with E-state index in [0.29, 0.717) is 10.8 Å². The minimum absolute atomic E-state index is 0.149. The van der Waals surface area contributed by atoms with Crippen LogP contribution in [0, 0.1) is 0 Å². The standard InChI is InChI=1S/C18H20ClN3O3/c1-13(14-5-3-2-4-6-14)20-11-17(23)21-22-18(24)12-25-16-9-7-15(19)8-10-16/h2-10,13,20H,11-12H2,1H3,(H,21,23)(H,22,24)/p+1/t13-/m1/s1. The quantitative estimate of drug-likeness (QED) is 0.647. The van der Waals surface area contributed by atoms with Crippen LogP contribution >= 0.6 is 11.6 Å². The molecule has 0 aliphatic rings. The number of halogens is 1. The average Bonchev–Trinajstić information content (AvgIpc) is 2.64. The van der Waals surface area contributed by atoms with Gasteiger partial charge in [0.05, 0.1) is 0 Å². The lowest BCUT2D eigenvalue weighted by Gasteiger charge is -2.12. The summed E-state index contributed by atoms with van der Waals surface area (Å²) in [6.07, 6.45) is 0. The maximum Gasteiger partial charge on any atom is 0.293 e. The van der Waals surface area contributed by atoms with Gasteiger partial charge in [0.25, 0.3) is 11.8 Å². The number of nitrogens with one attached hydrogen (secondary N) is 2. The summed E-state index contributed by atoms with van der Waals surface area (Å²) in [6, 6.07) is 16.7. The van der Waals surface area contributed by atoms with Crippen molar-refractivity contribution in [3.8, 4) is 5.75 Å². The molecule has 0 aromatic heterocycles. The van der Waals surface area contributed by atoms with Crippen molar-refractivity contribution in [3.63, 3.8) is 0 Å². The zero-order chi connectivity index (χ0) is 18.1. The second-order valence-corrected chi connectivity index (χ2v) is 5.91. The van der Waals surface area contributed by atoms with Crippen LogP contribution in [0.2, 0.25) is 5.02 Å². The molecule has 0 spiro atoms. The predicted molar refractivity (Wildman–Crippen MR) is 94.9 cm³/mol. The molecule has 0 fully saturated rings. The molecule has 2 aromatic carbocycles. The lowest BCUT2D eigenvalue weighted by Crippen LogP contribution is -2.87. The SMILES string of the molecule is C[C@@H]([NH2+]CC(=O)NNC(=O)COc1ccc(Cl)cc1)c1ccccc1. The molecule has 25 heavy (non-hydrogen) atoms. The number of rotatable bonds is 7. The van der Waals surface area contributed by atoms with Crippen molar-refractivity contribution in [2.45, 2.75) is 13.0 Å². The number of ether oxygens (including phenoxy) is 1. The number of amides is 2. The Balaban J connectivity index is 1.64. The van der Waals surface area contributed by atoms with E-state index in [-0.39, 0.29) is 25.1 Å². The Bertz CT molecular complexity index is 692. The Labute approximate surface area is 151 Å². The van der Waals surface area contributed by atoms with Crippen molar-refractivity contribution in [1.82, 2.24) is 10.9 Å². The number of hydrazine groups is 1. The molecule has 132 valence electrons. The van der Waals surface area contributed by atoms with Gasteiger partial charge >= 0.3 is 0 Å². The van der Waals surface area contributed by atoms with Crippen LogP contribution in [0.1, 0.15) is 18.5 Å². The Morgan fingerprint density at radius 3 is 2.36 bits per heavy atom. The molecule has 0 saturated heterocycles. The van der Waals surface area contributed by atoms with Gasteiger partial charge in [-0.25, -0.2) is 0 Å². The summed E-state index contributed by atoms with van der Waals surface area (Å²) in [5, 5.41) is 2.48. The summed E-state index contributed by atoms with van der Waals surface area (Å²) in [5.41, 5.74) is 5.82. The Morgan fingerprint density at radius 2 is 1.68 bits per heavy atom. The smallest absolute Gasteiger partial charge is 0.293 e. The van der Waals surface area contributed by atoms with Gasteiger partial charge in [0.15, 0.2) is 13.2 Å². The maximum atomic E-state index is 11.8. The lowest BCUT2D eigenvalue weighted by molar-refractivity contribution is -0.682. The van der Waals surface area contributed by atoms with Gasteiger partial charge in [-0.1, -0.05) is 41.9 Å². The summed E-state index contributed by atoms with van der Waals surface area (Å²) < 4.78 is 5.28. The molecule has 0 aliphatic heterocycles. The molecule has 2 amide bonds. The van der Waals surface area contributed by atoms with E-state index in [1.807, 2.05) is 42.6 Å². The molecule has 0 saturated carbocycles. The summed E-state index contributed by atoms with van der Waals surface area (Å²) >= 11 is 5.76. The van der Waals surface area contributed by atoms with Crippen LogP contribution in [-0.4, -0.2) is 25.0 Å². The van der Waals surface area contributed by atoms with Crippen LogP contribution in [0.4, 0.5) is 0 Å². The van der Waals surface area contributed by atoms with Crippen LogP contribution in [0.5, 0.6) is 5.75 Å². The van der Waals surface area contributed by atoms with Crippen molar-refractivity contribution < 1.29 is 19.6 Å². The van der Waals surface area contributed by atoms with Gasteiger partial charge in [-0.05, 0) is 31.2 Å². The van der Waals surface area contributed by atoms with Gasteiger partial charge in [0.2, 0.25) is 0 Å². The first-order valence-electron chi connectivity index (χ1n) is 7.89. The third kappa shape index (κ3) is 6.82. The molecule has 2 aromatic rings. The Hall–Kier alpha value is -2.57. The normalized spacial score (nSPS) is 11.4. The number of hydrogen-bond donors (Lipinski definition) is 3. The Morgan fingerprint density at radius 1 is 1.04 bits per heavy atom. The van der Waals surface area contributed by atoms with Crippen LogP contribution in [0.25, 0.3) is 0 Å². The topological polar surface area (TPSA) is 84.0 Å². The zero-order valence-corrected chi connectivity index (χ0v) is 14.6. The highest BCUT2D eigenvalue weighted by Gasteiger charge is 2.11. The first-order chi connectivity index (χ1) is 12.0. The van der Waals surface area contributed by atoms with Crippen LogP contribution in [0.3, 0.4) is 0 Å². The third-order valence-electron chi connectivity index (χ3n) is 3.51. The zero-order valence-electron chi connectivity index (χ0n) is 13.9. The number of hydrogen-bond acceptors (Lipinski definition) is 3. The number of benzene rings is 2. The fourth-order valence-electron chi connectivity index (χ4n) is 2.08. The number of quaternary nitrogens is 1. The van der Waals surface area contributed by atoms with E-state index in [1.54, 1.807) is 24.3 Å². The van der Waals surface area contributed by atoms with E-state index in [9.17, 15) is 9.59 Å². The molecule has 1 atom stereocenters. The van der Waals surface area contributed by atoms with Crippen molar-refractivity contribution >= 4 is 23.4 Å². The molecule has 0 bridgehead atoms. The van der Waals surface area contributed by atoms with E-state index in [2.05, 4.69) is 10.9 Å². The Kier molecular flexibility index (Phi) is 7.25. The monoisotopic (exact) mass is 362 g/mol. The largest absolute Gasteiger partial charge is 0.484 e. The number of carbonyl (C=O) groups excluding carboxylic acids is 2. The van der Waals surface area contributed by atoms with Gasteiger partial charge in [0, 0.05) is 10.6 Å². The first-order valence-corrected chi connectivity index (χ1v) is 8.26.